The molecule has 0 heterocycles. The van der Waals surface area contributed by atoms with Gasteiger partial charge in [-0.05, 0) is 31.2 Å². The van der Waals surface area contributed by atoms with Crippen LogP contribution >= 0.6 is 0 Å². The Balaban J connectivity index is 2.09. The quantitative estimate of drug-likeness (QED) is 0.413. The number of rotatable bonds is 7. The van der Waals surface area contributed by atoms with Crippen molar-refractivity contribution in [1.29, 1.82) is 0 Å². The molecule has 2 amide bonds. The van der Waals surface area contributed by atoms with Crippen LogP contribution in [0.2, 0.25) is 0 Å². The number of hydrogen-bond donors (Lipinski definition) is 2. The Labute approximate surface area is 166 Å². The summed E-state index contributed by atoms with van der Waals surface area (Å²) in [7, 11) is 1.35. The van der Waals surface area contributed by atoms with Gasteiger partial charge < -0.3 is 20.1 Å². The Bertz CT molecular complexity index is 959. The maximum absolute atomic E-state index is 12.4. The second-order valence-corrected chi connectivity index (χ2v) is 5.94. The summed E-state index contributed by atoms with van der Waals surface area (Å²) < 4.78 is 10.2. The highest BCUT2D eigenvalue weighted by Gasteiger charge is 2.21. The van der Waals surface area contributed by atoms with Crippen molar-refractivity contribution in [3.63, 3.8) is 0 Å². The van der Waals surface area contributed by atoms with Crippen molar-refractivity contribution in [2.45, 2.75) is 20.0 Å². The number of ether oxygens (including phenoxy) is 2. The van der Waals surface area contributed by atoms with Crippen LogP contribution in [0.15, 0.2) is 42.5 Å². The van der Waals surface area contributed by atoms with Gasteiger partial charge in [-0.3, -0.25) is 19.7 Å². The van der Waals surface area contributed by atoms with Gasteiger partial charge in [0, 0.05) is 24.7 Å². The minimum Gasteiger partial charge on any atom is -0.495 e. The number of nitro benzene ring substituents is 1. The van der Waals surface area contributed by atoms with Crippen molar-refractivity contribution in [2.24, 2.45) is 0 Å². The first-order valence-corrected chi connectivity index (χ1v) is 8.43. The Hall–Kier alpha value is -3.95. The lowest BCUT2D eigenvalue weighted by Gasteiger charge is -2.15. The largest absolute Gasteiger partial charge is 0.495 e. The molecule has 10 nitrogen and oxygen atoms in total. The van der Waals surface area contributed by atoms with Crippen LogP contribution in [0, 0.1) is 10.1 Å². The number of carbonyl (C=O) groups is 3. The van der Waals surface area contributed by atoms with Gasteiger partial charge >= 0.3 is 5.97 Å². The third-order valence-corrected chi connectivity index (χ3v) is 3.72. The van der Waals surface area contributed by atoms with Crippen molar-refractivity contribution in [3.05, 3.63) is 58.1 Å². The molecule has 0 spiro atoms. The smallest absolute Gasteiger partial charge is 0.338 e. The molecule has 10 heteroatoms. The van der Waals surface area contributed by atoms with E-state index in [4.69, 9.17) is 9.47 Å². The van der Waals surface area contributed by atoms with Crippen molar-refractivity contribution in [2.75, 3.05) is 17.7 Å². The highest BCUT2D eigenvalue weighted by molar-refractivity contribution is 5.99. The van der Waals surface area contributed by atoms with Crippen LogP contribution in [0.4, 0.5) is 17.1 Å². The molecule has 0 saturated heterocycles. The predicted molar refractivity (Wildman–Crippen MR) is 104 cm³/mol. The third-order valence-electron chi connectivity index (χ3n) is 3.72. The van der Waals surface area contributed by atoms with Crippen LogP contribution in [0.25, 0.3) is 0 Å². The molecule has 2 N–H and O–H groups in total. The number of anilines is 2. The highest BCUT2D eigenvalue weighted by Crippen LogP contribution is 2.29. The molecule has 29 heavy (non-hydrogen) atoms. The van der Waals surface area contributed by atoms with Gasteiger partial charge in [0.1, 0.15) is 5.75 Å². The summed E-state index contributed by atoms with van der Waals surface area (Å²) >= 11 is 0. The van der Waals surface area contributed by atoms with Gasteiger partial charge in [-0.15, -0.1) is 0 Å². The van der Waals surface area contributed by atoms with E-state index in [0.29, 0.717) is 5.69 Å². The molecule has 0 fully saturated rings. The predicted octanol–water partition coefficient (Wildman–Crippen LogP) is 2.75. The van der Waals surface area contributed by atoms with Gasteiger partial charge in [0.25, 0.3) is 11.6 Å². The van der Waals surface area contributed by atoms with Crippen LogP contribution in [-0.4, -0.2) is 35.9 Å². The van der Waals surface area contributed by atoms with Gasteiger partial charge in [0.2, 0.25) is 5.91 Å². The SMILES string of the molecule is COc1ccc([N+](=O)[O-])cc1NC(=O)C(C)OC(=O)c1cccc(NC(C)=O)c1. The number of esters is 1. The first-order valence-electron chi connectivity index (χ1n) is 8.43. The third kappa shape index (κ3) is 5.76. The molecule has 152 valence electrons. The number of nitro groups is 1. The second-order valence-electron chi connectivity index (χ2n) is 5.94. The Morgan fingerprint density at radius 2 is 1.83 bits per heavy atom. The van der Waals surface area contributed by atoms with E-state index in [0.717, 1.165) is 6.07 Å². The van der Waals surface area contributed by atoms with Crippen LogP contribution < -0.4 is 15.4 Å². The minimum atomic E-state index is -1.20. The average molecular weight is 401 g/mol. The number of benzene rings is 2. The molecule has 0 bridgehead atoms. The molecule has 1 unspecified atom stereocenters. The fraction of sp³-hybridized carbons (Fsp3) is 0.211. The number of hydrogen-bond acceptors (Lipinski definition) is 7. The molecular weight excluding hydrogens is 382 g/mol. The van der Waals surface area contributed by atoms with Crippen molar-refractivity contribution >= 4 is 34.8 Å². The number of amides is 2. The normalized spacial score (nSPS) is 11.1. The summed E-state index contributed by atoms with van der Waals surface area (Å²) in [5, 5.41) is 15.9. The zero-order valence-electron chi connectivity index (χ0n) is 15.9. The average Bonchev–Trinajstić information content (AvgIpc) is 2.67. The highest BCUT2D eigenvalue weighted by atomic mass is 16.6. The molecule has 1 atom stereocenters. The summed E-state index contributed by atoms with van der Waals surface area (Å²) in [4.78, 5) is 46.1. The van der Waals surface area contributed by atoms with Gasteiger partial charge in [0.05, 0.1) is 23.3 Å². The standard InChI is InChI=1S/C19H19N3O7/c1-11(29-19(25)13-5-4-6-14(9-13)20-12(2)23)18(24)21-16-10-15(22(26)27)7-8-17(16)28-3/h4-11H,1-3H3,(H,20,23)(H,21,24). The summed E-state index contributed by atoms with van der Waals surface area (Å²) in [6.45, 7) is 2.69. The summed E-state index contributed by atoms with van der Waals surface area (Å²) in [6.07, 6.45) is -1.20. The van der Waals surface area contributed by atoms with E-state index in [-0.39, 0.29) is 28.6 Å². The number of nitrogens with one attached hydrogen (secondary N) is 2. The molecule has 0 aliphatic carbocycles. The van der Waals surface area contributed by atoms with E-state index in [9.17, 15) is 24.5 Å². The topological polar surface area (TPSA) is 137 Å². The second kappa shape index (κ2) is 9.31. The number of carbonyl (C=O) groups excluding carboxylic acids is 3. The van der Waals surface area contributed by atoms with Crippen molar-refractivity contribution in [1.82, 2.24) is 0 Å². The fourth-order valence-electron chi connectivity index (χ4n) is 2.35. The summed E-state index contributed by atoms with van der Waals surface area (Å²) in [6, 6.07) is 9.77. The molecule has 0 aliphatic heterocycles. The molecule has 0 aromatic heterocycles. The lowest BCUT2D eigenvalue weighted by molar-refractivity contribution is -0.384. The Morgan fingerprint density at radius 1 is 1.10 bits per heavy atom. The van der Waals surface area contributed by atoms with Crippen molar-refractivity contribution < 1.29 is 28.8 Å². The summed E-state index contributed by atoms with van der Waals surface area (Å²) in [5.74, 6) is -1.55. The molecular formula is C19H19N3O7. The molecule has 0 aliphatic rings. The molecule has 2 rings (SSSR count). The molecule has 2 aromatic carbocycles. The van der Waals surface area contributed by atoms with E-state index in [2.05, 4.69) is 10.6 Å². The first-order chi connectivity index (χ1) is 13.7. The van der Waals surface area contributed by atoms with E-state index in [1.54, 1.807) is 12.1 Å². The monoisotopic (exact) mass is 401 g/mol. The van der Waals surface area contributed by atoms with E-state index in [1.165, 1.54) is 45.2 Å². The lowest BCUT2D eigenvalue weighted by Crippen LogP contribution is -2.30. The maximum atomic E-state index is 12.4. The zero-order chi connectivity index (χ0) is 21.6. The van der Waals surface area contributed by atoms with Crippen LogP contribution in [0.1, 0.15) is 24.2 Å². The summed E-state index contributed by atoms with van der Waals surface area (Å²) in [5.41, 5.74) is 0.386. The maximum Gasteiger partial charge on any atom is 0.338 e. The van der Waals surface area contributed by atoms with Gasteiger partial charge in [-0.25, -0.2) is 4.79 Å². The molecule has 0 radical (unpaired) electrons. The zero-order valence-corrected chi connectivity index (χ0v) is 15.9. The van der Waals surface area contributed by atoms with Gasteiger partial charge in [0.15, 0.2) is 6.10 Å². The van der Waals surface area contributed by atoms with Crippen molar-refractivity contribution in [3.8, 4) is 5.75 Å². The number of non-ortho nitro benzene ring substituents is 1. The van der Waals surface area contributed by atoms with Crippen LogP contribution in [0.3, 0.4) is 0 Å². The van der Waals surface area contributed by atoms with Gasteiger partial charge in [-0.2, -0.15) is 0 Å². The Kier molecular flexibility index (Phi) is 6.85. The molecule has 2 aromatic rings. The van der Waals surface area contributed by atoms with E-state index in [1.807, 2.05) is 0 Å². The number of nitrogens with zero attached hydrogens (tertiary/aromatic N) is 1. The number of methoxy groups -OCH3 is 1. The first kappa shape index (κ1) is 21.4. The fourth-order valence-corrected chi connectivity index (χ4v) is 2.35. The van der Waals surface area contributed by atoms with Crippen LogP contribution in [0.5, 0.6) is 5.75 Å². The Morgan fingerprint density at radius 3 is 2.45 bits per heavy atom. The minimum absolute atomic E-state index is 0.0715. The van der Waals surface area contributed by atoms with Gasteiger partial charge in [-0.1, -0.05) is 6.07 Å². The lowest BCUT2D eigenvalue weighted by atomic mass is 10.2. The molecule has 0 saturated carbocycles. The van der Waals surface area contributed by atoms with E-state index >= 15 is 0 Å². The van der Waals surface area contributed by atoms with Crippen LogP contribution in [-0.2, 0) is 14.3 Å². The van der Waals surface area contributed by atoms with E-state index < -0.39 is 22.9 Å².